The number of hydrogen-bond acceptors (Lipinski definition) is 5. The third-order valence-corrected chi connectivity index (χ3v) is 10.1. The zero-order valence-electron chi connectivity index (χ0n) is 22.2. The molecule has 0 heterocycles. The first-order chi connectivity index (χ1) is 15.9. The first-order valence-corrected chi connectivity index (χ1v) is 13.6. The van der Waals surface area contributed by atoms with Crippen molar-refractivity contribution in [1.29, 1.82) is 0 Å². The zero-order chi connectivity index (χ0) is 25.3. The number of esters is 1. The number of Topliss-reactive ketones (excluding diaryl/α,β-unsaturated/α-hetero) is 2. The highest BCUT2D eigenvalue weighted by Crippen LogP contribution is 2.60. The van der Waals surface area contributed by atoms with Crippen molar-refractivity contribution in [1.82, 2.24) is 0 Å². The minimum absolute atomic E-state index is 0.0422. The fourth-order valence-electron chi connectivity index (χ4n) is 7.92. The Morgan fingerprint density at radius 2 is 1.79 bits per heavy atom. The number of rotatable bonds is 9. The van der Waals surface area contributed by atoms with Gasteiger partial charge in [0.1, 0.15) is 24.0 Å². The van der Waals surface area contributed by atoms with E-state index in [1.807, 2.05) is 0 Å². The van der Waals surface area contributed by atoms with E-state index in [9.17, 15) is 19.2 Å². The molecule has 3 aliphatic carbocycles. The minimum Gasteiger partial charge on any atom is -0.463 e. The van der Waals surface area contributed by atoms with Crippen LogP contribution in [-0.4, -0.2) is 29.9 Å². The van der Waals surface area contributed by atoms with Crippen LogP contribution in [0.5, 0.6) is 0 Å². The molecule has 0 aromatic rings. The van der Waals surface area contributed by atoms with E-state index in [0.717, 1.165) is 57.7 Å². The Balaban J connectivity index is 1.77. The maximum absolute atomic E-state index is 14.0. The van der Waals surface area contributed by atoms with E-state index >= 15 is 0 Å². The number of ketones is 2. The van der Waals surface area contributed by atoms with Crippen molar-refractivity contribution >= 4 is 23.8 Å². The number of hydrogen-bond donors (Lipinski definition) is 0. The molecule has 192 valence electrons. The average Bonchev–Trinajstić information content (AvgIpc) is 3.09. The van der Waals surface area contributed by atoms with Gasteiger partial charge in [-0.25, -0.2) is 0 Å². The van der Waals surface area contributed by atoms with Gasteiger partial charge in [0.25, 0.3) is 0 Å². The molecule has 0 aliphatic heterocycles. The Hall–Kier alpha value is -1.52. The molecule has 0 amide bonds. The van der Waals surface area contributed by atoms with Crippen molar-refractivity contribution in [2.24, 2.45) is 46.3 Å². The van der Waals surface area contributed by atoms with E-state index in [1.54, 1.807) is 0 Å². The summed E-state index contributed by atoms with van der Waals surface area (Å²) in [6.07, 6.45) is 8.78. The van der Waals surface area contributed by atoms with Gasteiger partial charge in [0.15, 0.2) is 0 Å². The lowest BCUT2D eigenvalue weighted by molar-refractivity contribution is -0.158. The van der Waals surface area contributed by atoms with Crippen LogP contribution in [0, 0.1) is 46.3 Å². The van der Waals surface area contributed by atoms with Crippen molar-refractivity contribution in [3.63, 3.8) is 0 Å². The van der Waals surface area contributed by atoms with Crippen LogP contribution in [0.2, 0.25) is 0 Å². The lowest BCUT2D eigenvalue weighted by Crippen LogP contribution is -2.52. The molecule has 3 rings (SSSR count). The van der Waals surface area contributed by atoms with Gasteiger partial charge in [-0.05, 0) is 80.5 Å². The van der Waals surface area contributed by atoms with E-state index in [0.29, 0.717) is 30.3 Å². The highest BCUT2D eigenvalue weighted by atomic mass is 16.5. The van der Waals surface area contributed by atoms with E-state index in [4.69, 9.17) is 4.74 Å². The molecule has 0 radical (unpaired) electrons. The topological polar surface area (TPSA) is 77.5 Å². The Kier molecular flexibility index (Phi) is 8.46. The normalized spacial score (nSPS) is 38.9. The molecule has 0 aromatic heterocycles. The van der Waals surface area contributed by atoms with Crippen LogP contribution in [0.4, 0.5) is 0 Å². The van der Waals surface area contributed by atoms with Crippen LogP contribution in [0.1, 0.15) is 106 Å². The number of fused-ring (bicyclic) bond motifs is 1. The summed E-state index contributed by atoms with van der Waals surface area (Å²) >= 11 is 0. The second-order valence-corrected chi connectivity index (χ2v) is 12.5. The fourth-order valence-corrected chi connectivity index (χ4v) is 7.92. The zero-order valence-corrected chi connectivity index (χ0v) is 22.2. The van der Waals surface area contributed by atoms with Gasteiger partial charge in [0.2, 0.25) is 0 Å². The summed E-state index contributed by atoms with van der Waals surface area (Å²) in [5, 5.41) is 0. The predicted molar refractivity (Wildman–Crippen MR) is 132 cm³/mol. The molecule has 5 nitrogen and oxygen atoms in total. The lowest BCUT2D eigenvalue weighted by atomic mass is 9.52. The predicted octanol–water partition coefficient (Wildman–Crippen LogP) is 5.97. The van der Waals surface area contributed by atoms with E-state index in [2.05, 4.69) is 34.6 Å². The SMILES string of the molecule is CC(=O)O[C@H]1CC[C@]2(C)C(=O)[C@H]([C@@H]3CC[C@H]([C@H](C)C(=O)CCC(C)C)[C@@]3(C)CC=O)CC[C@H]2C1. The largest absolute Gasteiger partial charge is 0.463 e. The number of aldehydes is 1. The van der Waals surface area contributed by atoms with E-state index in [1.165, 1.54) is 6.92 Å². The highest BCUT2D eigenvalue weighted by Gasteiger charge is 2.58. The summed E-state index contributed by atoms with van der Waals surface area (Å²) in [6, 6.07) is 0. The fraction of sp³-hybridized carbons (Fsp3) is 0.862. The Morgan fingerprint density at radius 3 is 2.41 bits per heavy atom. The van der Waals surface area contributed by atoms with Gasteiger partial charge in [0.05, 0.1) is 0 Å². The Morgan fingerprint density at radius 1 is 1.09 bits per heavy atom. The van der Waals surface area contributed by atoms with Crippen LogP contribution in [0.25, 0.3) is 0 Å². The van der Waals surface area contributed by atoms with Gasteiger partial charge in [-0.15, -0.1) is 0 Å². The monoisotopic (exact) mass is 474 g/mol. The summed E-state index contributed by atoms with van der Waals surface area (Å²) in [7, 11) is 0. The van der Waals surface area contributed by atoms with Crippen LogP contribution in [0.15, 0.2) is 0 Å². The van der Waals surface area contributed by atoms with Gasteiger partial charge in [0, 0.05) is 37.0 Å². The average molecular weight is 475 g/mol. The second-order valence-electron chi connectivity index (χ2n) is 12.5. The molecule has 0 spiro atoms. The van der Waals surface area contributed by atoms with Gasteiger partial charge in [-0.1, -0.05) is 34.6 Å². The first kappa shape index (κ1) is 27.1. The highest BCUT2D eigenvalue weighted by molar-refractivity contribution is 5.88. The number of ether oxygens (including phenoxy) is 1. The molecule has 3 saturated carbocycles. The lowest BCUT2D eigenvalue weighted by Gasteiger charge is -2.51. The van der Waals surface area contributed by atoms with E-state index in [-0.39, 0.29) is 52.5 Å². The Bertz CT molecular complexity index is 787. The van der Waals surface area contributed by atoms with Crippen molar-refractivity contribution in [3.05, 3.63) is 0 Å². The molecule has 5 heteroatoms. The summed E-state index contributed by atoms with van der Waals surface area (Å²) in [5.41, 5.74) is -0.689. The van der Waals surface area contributed by atoms with Crippen LogP contribution in [-0.2, 0) is 23.9 Å². The third-order valence-electron chi connectivity index (χ3n) is 10.1. The summed E-state index contributed by atoms with van der Waals surface area (Å²) < 4.78 is 5.49. The van der Waals surface area contributed by atoms with Crippen molar-refractivity contribution in [2.45, 2.75) is 112 Å². The standard InChI is InChI=1S/C29H46O5/c1-18(2)7-12-26(32)19(3)24-10-11-25(29(24,6)15-16-30)23-9-8-21-17-22(34-20(4)31)13-14-28(21,5)27(23)33/h16,18-19,21-25H,7-15,17H2,1-6H3/t19-,21-,22-,23-,24+,25-,28-,29+/m0/s1. The second kappa shape index (κ2) is 10.6. The minimum atomic E-state index is -0.377. The molecule has 3 aliphatic rings. The summed E-state index contributed by atoms with van der Waals surface area (Å²) in [5.74, 6) is 1.36. The first-order valence-electron chi connectivity index (χ1n) is 13.6. The quantitative estimate of drug-likeness (QED) is 0.304. The Labute approximate surface area is 206 Å². The third kappa shape index (κ3) is 5.18. The molecule has 0 bridgehead atoms. The van der Waals surface area contributed by atoms with Crippen molar-refractivity contribution in [3.8, 4) is 0 Å². The van der Waals surface area contributed by atoms with Gasteiger partial charge in [-0.2, -0.15) is 0 Å². The summed E-state index contributed by atoms with van der Waals surface area (Å²) in [6.45, 7) is 12.1. The van der Waals surface area contributed by atoms with Gasteiger partial charge in [-0.3, -0.25) is 14.4 Å². The molecule has 0 saturated heterocycles. The van der Waals surface area contributed by atoms with Gasteiger partial charge >= 0.3 is 5.97 Å². The van der Waals surface area contributed by atoms with Crippen molar-refractivity contribution in [2.75, 3.05) is 0 Å². The summed E-state index contributed by atoms with van der Waals surface area (Å²) in [4.78, 5) is 50.3. The molecule has 3 fully saturated rings. The van der Waals surface area contributed by atoms with Gasteiger partial charge < -0.3 is 9.53 Å². The van der Waals surface area contributed by atoms with Crippen LogP contribution >= 0.6 is 0 Å². The van der Waals surface area contributed by atoms with Crippen LogP contribution < -0.4 is 0 Å². The molecule has 0 unspecified atom stereocenters. The molecule has 8 atom stereocenters. The van der Waals surface area contributed by atoms with Crippen molar-refractivity contribution < 1.29 is 23.9 Å². The molecule has 0 aromatic carbocycles. The molecular weight excluding hydrogens is 428 g/mol. The van der Waals surface area contributed by atoms with E-state index < -0.39 is 0 Å². The molecule has 0 N–H and O–H groups in total. The van der Waals surface area contributed by atoms with Crippen LogP contribution in [0.3, 0.4) is 0 Å². The number of carbonyl (C=O) groups excluding carboxylic acids is 4. The maximum Gasteiger partial charge on any atom is 0.302 e. The smallest absolute Gasteiger partial charge is 0.302 e. The maximum atomic E-state index is 14.0. The number of carbonyl (C=O) groups is 4. The molecule has 34 heavy (non-hydrogen) atoms. The molecular formula is C29H46O5.